The lowest BCUT2D eigenvalue weighted by atomic mass is 10.1. The Balaban J connectivity index is 2.17. The summed E-state index contributed by atoms with van der Waals surface area (Å²) >= 11 is 1.39. The van der Waals surface area contributed by atoms with Crippen molar-refractivity contribution in [3.05, 3.63) is 6.54 Å². The van der Waals surface area contributed by atoms with Gasteiger partial charge in [-0.25, -0.2) is 0 Å². The Morgan fingerprint density at radius 3 is 2.88 bits per heavy atom. The molecule has 1 heterocycles. The zero-order valence-electron chi connectivity index (χ0n) is 4.46. The monoisotopic (exact) mass is 130 g/mol. The van der Waals surface area contributed by atoms with Gasteiger partial charge in [0.05, 0.1) is 0 Å². The largest absolute Gasteiger partial charge is 0.326 e. The van der Waals surface area contributed by atoms with Gasteiger partial charge in [0.15, 0.2) is 5.12 Å². The maximum atomic E-state index is 10.5. The molecule has 0 aromatic carbocycles. The van der Waals surface area contributed by atoms with E-state index in [4.69, 9.17) is 5.73 Å². The van der Waals surface area contributed by atoms with Crippen LogP contribution in [0, 0.1) is 12.5 Å². The molecule has 1 rings (SSSR count). The van der Waals surface area contributed by atoms with Crippen LogP contribution in [0.2, 0.25) is 0 Å². The van der Waals surface area contributed by atoms with Crippen LogP contribution in [0.25, 0.3) is 0 Å². The Labute approximate surface area is 52.8 Å². The standard InChI is InChI=1S/C5H8NOS/c6-2-1-4-3-8-5(4)7/h2,4H,1,3,6H2. The van der Waals surface area contributed by atoms with Crippen molar-refractivity contribution in [1.82, 2.24) is 0 Å². The van der Waals surface area contributed by atoms with Gasteiger partial charge in [0.25, 0.3) is 0 Å². The lowest BCUT2D eigenvalue weighted by molar-refractivity contribution is -0.115. The summed E-state index contributed by atoms with van der Waals surface area (Å²) in [5, 5.41) is 0.298. The molecule has 1 fully saturated rings. The first kappa shape index (κ1) is 6.11. The molecule has 2 N–H and O–H groups in total. The zero-order chi connectivity index (χ0) is 5.98. The first-order valence-electron chi connectivity index (χ1n) is 2.54. The predicted octanol–water partition coefficient (Wildman–Crippen LogP) is 0.387. The first-order chi connectivity index (χ1) is 3.84. The Hall–Kier alpha value is -0.0200. The van der Waals surface area contributed by atoms with Crippen molar-refractivity contribution in [3.8, 4) is 0 Å². The summed E-state index contributed by atoms with van der Waals surface area (Å²) in [5.41, 5.74) is 5.11. The van der Waals surface area contributed by atoms with Crippen molar-refractivity contribution in [3.63, 3.8) is 0 Å². The van der Waals surface area contributed by atoms with Gasteiger partial charge >= 0.3 is 0 Å². The van der Waals surface area contributed by atoms with Gasteiger partial charge in [-0.2, -0.15) is 0 Å². The molecule has 2 nitrogen and oxygen atoms in total. The molecule has 0 aromatic rings. The number of carbonyl (C=O) groups is 1. The van der Waals surface area contributed by atoms with Gasteiger partial charge in [-0.15, -0.1) is 0 Å². The van der Waals surface area contributed by atoms with Gasteiger partial charge in [0.2, 0.25) is 0 Å². The lowest BCUT2D eigenvalue weighted by Crippen LogP contribution is -2.25. The van der Waals surface area contributed by atoms with Crippen molar-refractivity contribution in [1.29, 1.82) is 0 Å². The molecule has 3 heteroatoms. The summed E-state index contributed by atoms with van der Waals surface area (Å²) in [6.07, 6.45) is 0.756. The second-order valence-corrected chi connectivity index (χ2v) is 2.82. The molecule has 0 aromatic heterocycles. The molecular formula is C5H8NOS. The third kappa shape index (κ3) is 1.03. The quantitative estimate of drug-likeness (QED) is 0.588. The number of hydrogen-bond donors (Lipinski definition) is 1. The molecule has 1 aliphatic rings. The molecule has 0 amide bonds. The maximum Gasteiger partial charge on any atom is 0.192 e. The normalized spacial score (nSPS) is 27.6. The van der Waals surface area contributed by atoms with E-state index in [1.54, 1.807) is 6.54 Å². The SMILES string of the molecule is N[CH]CC1CSC1=O. The van der Waals surface area contributed by atoms with Crippen molar-refractivity contribution in [2.75, 3.05) is 5.75 Å². The Morgan fingerprint density at radius 2 is 2.75 bits per heavy atom. The molecular weight excluding hydrogens is 122 g/mol. The van der Waals surface area contributed by atoms with E-state index in [0.29, 0.717) is 5.12 Å². The van der Waals surface area contributed by atoms with E-state index >= 15 is 0 Å². The van der Waals surface area contributed by atoms with E-state index in [9.17, 15) is 4.79 Å². The molecule has 0 aliphatic carbocycles. The number of thioether (sulfide) groups is 1. The van der Waals surface area contributed by atoms with Crippen LogP contribution < -0.4 is 5.73 Å². The second kappa shape index (κ2) is 2.51. The van der Waals surface area contributed by atoms with Gasteiger partial charge in [-0.3, -0.25) is 4.79 Å². The number of hydrogen-bond acceptors (Lipinski definition) is 3. The Bertz CT molecular complexity index is 105. The van der Waals surface area contributed by atoms with Crippen molar-refractivity contribution >= 4 is 16.9 Å². The molecule has 0 bridgehead atoms. The smallest absolute Gasteiger partial charge is 0.192 e. The highest BCUT2D eigenvalue weighted by Gasteiger charge is 2.27. The molecule has 1 atom stereocenters. The highest BCUT2D eigenvalue weighted by atomic mass is 32.2. The van der Waals surface area contributed by atoms with Crippen molar-refractivity contribution in [2.24, 2.45) is 11.7 Å². The topological polar surface area (TPSA) is 43.1 Å². The number of carbonyl (C=O) groups excluding carboxylic acids is 1. The molecule has 1 radical (unpaired) electrons. The first-order valence-corrected chi connectivity index (χ1v) is 3.53. The van der Waals surface area contributed by atoms with Crippen LogP contribution in [0.15, 0.2) is 0 Å². The van der Waals surface area contributed by atoms with Gasteiger partial charge in [-0.1, -0.05) is 11.8 Å². The number of rotatable bonds is 2. The van der Waals surface area contributed by atoms with Crippen LogP contribution in [0.5, 0.6) is 0 Å². The van der Waals surface area contributed by atoms with Crippen LogP contribution in [0.3, 0.4) is 0 Å². The maximum absolute atomic E-state index is 10.5. The molecule has 45 valence electrons. The zero-order valence-corrected chi connectivity index (χ0v) is 5.28. The Morgan fingerprint density at radius 1 is 2.00 bits per heavy atom. The van der Waals surface area contributed by atoms with Crippen molar-refractivity contribution < 1.29 is 4.79 Å². The van der Waals surface area contributed by atoms with Crippen molar-refractivity contribution in [2.45, 2.75) is 6.42 Å². The van der Waals surface area contributed by atoms with E-state index < -0.39 is 0 Å². The van der Waals surface area contributed by atoms with E-state index in [-0.39, 0.29) is 5.92 Å². The summed E-state index contributed by atoms with van der Waals surface area (Å²) < 4.78 is 0. The fourth-order valence-electron chi connectivity index (χ4n) is 0.598. The fourth-order valence-corrected chi connectivity index (χ4v) is 1.37. The summed E-state index contributed by atoms with van der Waals surface area (Å²) in [7, 11) is 0. The third-order valence-corrected chi connectivity index (χ3v) is 2.37. The summed E-state index contributed by atoms with van der Waals surface area (Å²) in [4.78, 5) is 10.5. The highest BCUT2D eigenvalue weighted by Crippen LogP contribution is 2.29. The van der Waals surface area contributed by atoms with E-state index in [1.165, 1.54) is 11.8 Å². The predicted molar refractivity (Wildman–Crippen MR) is 34.1 cm³/mol. The van der Waals surface area contributed by atoms with Gasteiger partial charge in [-0.05, 0) is 6.42 Å². The summed E-state index contributed by atoms with van der Waals surface area (Å²) in [6, 6.07) is 0. The second-order valence-electron chi connectivity index (χ2n) is 1.80. The van der Waals surface area contributed by atoms with Crippen LogP contribution in [0.4, 0.5) is 0 Å². The van der Waals surface area contributed by atoms with Crippen LogP contribution in [-0.4, -0.2) is 10.9 Å². The average Bonchev–Trinajstić information content (AvgIpc) is 1.79. The van der Waals surface area contributed by atoms with Gasteiger partial charge in [0.1, 0.15) is 0 Å². The third-order valence-electron chi connectivity index (χ3n) is 1.18. The van der Waals surface area contributed by atoms with Crippen LogP contribution >= 0.6 is 11.8 Å². The van der Waals surface area contributed by atoms with E-state index in [0.717, 1.165) is 12.2 Å². The summed E-state index contributed by atoms with van der Waals surface area (Å²) in [5.74, 6) is 1.21. The fraction of sp³-hybridized carbons (Fsp3) is 0.600. The molecule has 1 unspecified atom stereocenters. The number of nitrogens with two attached hydrogens (primary N) is 1. The highest BCUT2D eigenvalue weighted by molar-refractivity contribution is 8.15. The van der Waals surface area contributed by atoms with Crippen LogP contribution in [0.1, 0.15) is 6.42 Å². The summed E-state index contributed by atoms with van der Waals surface area (Å²) in [6.45, 7) is 1.56. The lowest BCUT2D eigenvalue weighted by Gasteiger charge is -2.21. The van der Waals surface area contributed by atoms with Gasteiger partial charge in [0, 0.05) is 18.2 Å². The molecule has 1 aliphatic heterocycles. The molecule has 1 saturated heterocycles. The minimum absolute atomic E-state index is 0.241. The minimum Gasteiger partial charge on any atom is -0.326 e. The molecule has 0 saturated carbocycles. The average molecular weight is 130 g/mol. The van der Waals surface area contributed by atoms with E-state index in [2.05, 4.69) is 0 Å². The Kier molecular flexibility index (Phi) is 1.91. The van der Waals surface area contributed by atoms with Crippen LogP contribution in [-0.2, 0) is 4.79 Å². The van der Waals surface area contributed by atoms with Gasteiger partial charge < -0.3 is 5.73 Å². The molecule has 8 heavy (non-hydrogen) atoms. The molecule has 0 spiro atoms. The van der Waals surface area contributed by atoms with E-state index in [1.807, 2.05) is 0 Å². The minimum atomic E-state index is 0.241.